The molecule has 6 heteroatoms. The first-order chi connectivity index (χ1) is 9.93. The van der Waals surface area contributed by atoms with E-state index in [0.29, 0.717) is 5.56 Å². The zero-order chi connectivity index (χ0) is 15.6. The van der Waals surface area contributed by atoms with Crippen molar-refractivity contribution in [2.24, 2.45) is 5.92 Å². The van der Waals surface area contributed by atoms with Crippen LogP contribution in [0, 0.1) is 11.7 Å². The molecule has 1 heterocycles. The fourth-order valence-electron chi connectivity index (χ4n) is 2.47. The number of benzene rings is 1. The van der Waals surface area contributed by atoms with Crippen LogP contribution in [-0.2, 0) is 16.1 Å². The summed E-state index contributed by atoms with van der Waals surface area (Å²) in [6.07, 6.45) is 0.777. The maximum atomic E-state index is 13.1. The Balaban J connectivity index is 2.28. The first-order valence-corrected chi connectivity index (χ1v) is 7.33. The molecule has 2 amide bonds. The number of rotatable bonds is 4. The molecule has 0 aromatic heterocycles. The number of halogens is 2. The van der Waals surface area contributed by atoms with E-state index in [1.54, 1.807) is 6.07 Å². The number of carbonyl (C=O) groups excluding carboxylic acids is 2. The van der Waals surface area contributed by atoms with E-state index in [9.17, 15) is 14.0 Å². The first kappa shape index (κ1) is 15.8. The number of hydrogen-bond acceptors (Lipinski definition) is 2. The van der Waals surface area contributed by atoms with E-state index < -0.39 is 11.9 Å². The summed E-state index contributed by atoms with van der Waals surface area (Å²) in [6.45, 7) is 4.10. The molecule has 1 aliphatic rings. The third kappa shape index (κ3) is 3.35. The van der Waals surface area contributed by atoms with Gasteiger partial charge < -0.3 is 10.2 Å². The molecule has 1 fully saturated rings. The molecule has 1 N–H and O–H groups in total. The third-order valence-corrected chi connectivity index (χ3v) is 4.23. The number of nitrogens with one attached hydrogen (secondary N) is 1. The van der Waals surface area contributed by atoms with Crippen molar-refractivity contribution in [1.29, 1.82) is 0 Å². The fourth-order valence-corrected chi connectivity index (χ4v) is 2.70. The summed E-state index contributed by atoms with van der Waals surface area (Å²) in [5.41, 5.74) is 0.634. The van der Waals surface area contributed by atoms with Crippen molar-refractivity contribution in [2.45, 2.75) is 32.9 Å². The minimum Gasteiger partial charge on any atom is -0.345 e. The molecule has 1 saturated heterocycles. The lowest BCUT2D eigenvalue weighted by Crippen LogP contribution is -2.60. The minimum absolute atomic E-state index is 0.00934. The molecule has 114 valence electrons. The molecule has 0 spiro atoms. The molecule has 2 unspecified atom stereocenters. The van der Waals surface area contributed by atoms with Gasteiger partial charge in [0.1, 0.15) is 11.9 Å². The highest BCUT2D eigenvalue weighted by molar-refractivity contribution is 6.31. The summed E-state index contributed by atoms with van der Waals surface area (Å²) < 4.78 is 13.1. The van der Waals surface area contributed by atoms with Gasteiger partial charge in [0.2, 0.25) is 11.8 Å². The van der Waals surface area contributed by atoms with Gasteiger partial charge in [0.05, 0.1) is 6.54 Å². The molecule has 2 atom stereocenters. The van der Waals surface area contributed by atoms with Crippen LogP contribution in [0.25, 0.3) is 0 Å². The van der Waals surface area contributed by atoms with E-state index in [1.165, 1.54) is 17.0 Å². The summed E-state index contributed by atoms with van der Waals surface area (Å²) in [5.74, 6) is -0.694. The summed E-state index contributed by atoms with van der Waals surface area (Å²) in [6, 6.07) is 3.54. The normalized spacial score (nSPS) is 20.4. The lowest BCUT2D eigenvalue weighted by atomic mass is 9.94. The second kappa shape index (κ2) is 6.43. The summed E-state index contributed by atoms with van der Waals surface area (Å²) in [4.78, 5) is 25.8. The highest BCUT2D eigenvalue weighted by atomic mass is 35.5. The van der Waals surface area contributed by atoms with Gasteiger partial charge in [-0.25, -0.2) is 4.39 Å². The Morgan fingerprint density at radius 1 is 1.48 bits per heavy atom. The van der Waals surface area contributed by atoms with Gasteiger partial charge in [0.25, 0.3) is 0 Å². The second-order valence-electron chi connectivity index (χ2n) is 5.31. The Bertz CT molecular complexity index is 565. The van der Waals surface area contributed by atoms with Crippen molar-refractivity contribution >= 4 is 23.4 Å². The van der Waals surface area contributed by atoms with Gasteiger partial charge in [-0.2, -0.15) is 0 Å². The van der Waals surface area contributed by atoms with Gasteiger partial charge in [-0.1, -0.05) is 37.9 Å². The van der Waals surface area contributed by atoms with Crippen LogP contribution in [-0.4, -0.2) is 29.3 Å². The molecule has 0 aliphatic carbocycles. The van der Waals surface area contributed by atoms with Gasteiger partial charge >= 0.3 is 0 Å². The van der Waals surface area contributed by atoms with E-state index >= 15 is 0 Å². The van der Waals surface area contributed by atoms with Crippen LogP contribution in [0.1, 0.15) is 25.8 Å². The Morgan fingerprint density at radius 3 is 2.81 bits per heavy atom. The number of nitrogens with zero attached hydrogens (tertiary/aromatic N) is 1. The molecule has 1 aromatic carbocycles. The standard InChI is InChI=1S/C15H18ClFN2O2/c1-3-9(2)14-15(21)18-7-13(20)19(14)8-10-4-5-11(17)6-12(10)16/h4-6,9,14H,3,7-8H2,1-2H3,(H,18,21). The Morgan fingerprint density at radius 2 is 2.19 bits per heavy atom. The molecule has 4 nitrogen and oxygen atoms in total. The largest absolute Gasteiger partial charge is 0.345 e. The fraction of sp³-hybridized carbons (Fsp3) is 0.467. The lowest BCUT2D eigenvalue weighted by molar-refractivity contribution is -0.148. The first-order valence-electron chi connectivity index (χ1n) is 6.95. The van der Waals surface area contributed by atoms with Gasteiger partial charge in [-0.15, -0.1) is 0 Å². The SMILES string of the molecule is CCC(C)C1C(=O)NCC(=O)N1Cc1ccc(F)cc1Cl. The molecule has 1 aliphatic heterocycles. The molecule has 0 saturated carbocycles. The number of piperazine rings is 1. The molecule has 1 aromatic rings. The zero-order valence-corrected chi connectivity index (χ0v) is 12.8. The number of amides is 2. The van der Waals surface area contributed by atoms with Crippen molar-refractivity contribution in [2.75, 3.05) is 6.54 Å². The molecule has 21 heavy (non-hydrogen) atoms. The molecule has 0 bridgehead atoms. The van der Waals surface area contributed by atoms with Crippen molar-refractivity contribution in [3.8, 4) is 0 Å². The maximum absolute atomic E-state index is 13.1. The molecule has 0 radical (unpaired) electrons. The third-order valence-electron chi connectivity index (χ3n) is 3.88. The maximum Gasteiger partial charge on any atom is 0.243 e. The van der Waals surface area contributed by atoms with E-state index in [1.807, 2.05) is 13.8 Å². The van der Waals surface area contributed by atoms with Crippen LogP contribution in [0.4, 0.5) is 4.39 Å². The lowest BCUT2D eigenvalue weighted by Gasteiger charge is -2.38. The van der Waals surface area contributed by atoms with E-state index in [4.69, 9.17) is 11.6 Å². The van der Waals surface area contributed by atoms with Crippen LogP contribution in [0.2, 0.25) is 5.02 Å². The number of carbonyl (C=O) groups is 2. The quantitative estimate of drug-likeness (QED) is 0.928. The predicted molar refractivity (Wildman–Crippen MR) is 78.2 cm³/mol. The second-order valence-corrected chi connectivity index (χ2v) is 5.71. The van der Waals surface area contributed by atoms with Crippen LogP contribution >= 0.6 is 11.6 Å². The average molecular weight is 313 g/mol. The zero-order valence-electron chi connectivity index (χ0n) is 12.0. The van der Waals surface area contributed by atoms with E-state index in [2.05, 4.69) is 5.32 Å². The molecular formula is C15H18ClFN2O2. The average Bonchev–Trinajstić information content (AvgIpc) is 2.45. The predicted octanol–water partition coefficient (Wildman–Crippen LogP) is 2.35. The molecule has 2 rings (SSSR count). The summed E-state index contributed by atoms with van der Waals surface area (Å²) in [7, 11) is 0. The molecular weight excluding hydrogens is 295 g/mol. The Labute approximate surface area is 128 Å². The minimum atomic E-state index is -0.516. The van der Waals surface area contributed by atoms with Gasteiger partial charge in [0.15, 0.2) is 0 Å². The van der Waals surface area contributed by atoms with Crippen molar-refractivity contribution in [1.82, 2.24) is 10.2 Å². The van der Waals surface area contributed by atoms with Crippen molar-refractivity contribution in [3.05, 3.63) is 34.6 Å². The van der Waals surface area contributed by atoms with Gasteiger partial charge in [0, 0.05) is 11.6 Å². The van der Waals surface area contributed by atoms with E-state index in [0.717, 1.165) is 6.42 Å². The van der Waals surface area contributed by atoms with Crippen LogP contribution in [0.3, 0.4) is 0 Å². The monoisotopic (exact) mass is 312 g/mol. The number of hydrogen-bond donors (Lipinski definition) is 1. The van der Waals surface area contributed by atoms with E-state index in [-0.39, 0.29) is 35.8 Å². The topological polar surface area (TPSA) is 49.4 Å². The smallest absolute Gasteiger partial charge is 0.243 e. The Hall–Kier alpha value is -1.62. The van der Waals surface area contributed by atoms with Crippen LogP contribution in [0.5, 0.6) is 0 Å². The van der Waals surface area contributed by atoms with Crippen LogP contribution in [0.15, 0.2) is 18.2 Å². The summed E-state index contributed by atoms with van der Waals surface area (Å²) >= 11 is 6.02. The van der Waals surface area contributed by atoms with Gasteiger partial charge in [-0.3, -0.25) is 9.59 Å². The highest BCUT2D eigenvalue weighted by Crippen LogP contribution is 2.24. The van der Waals surface area contributed by atoms with Crippen LogP contribution < -0.4 is 5.32 Å². The Kier molecular flexibility index (Phi) is 4.83. The highest BCUT2D eigenvalue weighted by Gasteiger charge is 2.37. The van der Waals surface area contributed by atoms with Crippen molar-refractivity contribution < 1.29 is 14.0 Å². The van der Waals surface area contributed by atoms with Crippen molar-refractivity contribution in [3.63, 3.8) is 0 Å². The van der Waals surface area contributed by atoms with Gasteiger partial charge in [-0.05, 0) is 23.6 Å². The summed E-state index contributed by atoms with van der Waals surface area (Å²) in [5, 5.41) is 2.87.